The van der Waals surface area contributed by atoms with Crippen molar-refractivity contribution in [2.45, 2.75) is 31.8 Å². The smallest absolute Gasteiger partial charge is 0.255 e. The van der Waals surface area contributed by atoms with E-state index in [2.05, 4.69) is 0 Å². The molecule has 1 atom stereocenters. The quantitative estimate of drug-likeness (QED) is 0.815. The minimum atomic E-state index is -0.807. The molecule has 4 nitrogen and oxygen atoms in total. The maximum atomic E-state index is 13.6. The molecule has 6 heteroatoms. The standard InChI is InChI=1S/C21H20F2N2O2/c22-17-9-16(10-18(23)12-17)20(26)25-13-15-6-2-1-5-14(15)11-19(25)21(27)24-7-3-4-8-24/h1-2,5-6,9-10,12,19H,3-4,7-8,11,13H2. The molecule has 2 aromatic carbocycles. The number of carbonyl (C=O) groups is 2. The van der Waals surface area contributed by atoms with Gasteiger partial charge >= 0.3 is 0 Å². The maximum Gasteiger partial charge on any atom is 0.255 e. The van der Waals surface area contributed by atoms with Crippen LogP contribution in [0.1, 0.15) is 34.3 Å². The van der Waals surface area contributed by atoms with Gasteiger partial charge in [-0.15, -0.1) is 0 Å². The van der Waals surface area contributed by atoms with E-state index in [1.54, 1.807) is 4.90 Å². The Kier molecular flexibility index (Phi) is 4.64. The highest BCUT2D eigenvalue weighted by atomic mass is 19.1. The van der Waals surface area contributed by atoms with Crippen molar-refractivity contribution >= 4 is 11.8 Å². The van der Waals surface area contributed by atoms with E-state index in [9.17, 15) is 18.4 Å². The van der Waals surface area contributed by atoms with Gasteiger partial charge in [0.05, 0.1) is 0 Å². The van der Waals surface area contributed by atoms with Crippen molar-refractivity contribution in [1.82, 2.24) is 9.80 Å². The van der Waals surface area contributed by atoms with E-state index < -0.39 is 23.6 Å². The molecule has 2 aromatic rings. The van der Waals surface area contributed by atoms with Crippen LogP contribution in [0.4, 0.5) is 8.78 Å². The van der Waals surface area contributed by atoms with Crippen LogP contribution in [0.15, 0.2) is 42.5 Å². The van der Waals surface area contributed by atoms with Gasteiger partial charge in [-0.3, -0.25) is 9.59 Å². The van der Waals surface area contributed by atoms with E-state index in [0.717, 1.165) is 42.2 Å². The molecule has 140 valence electrons. The zero-order valence-corrected chi connectivity index (χ0v) is 14.8. The van der Waals surface area contributed by atoms with Gasteiger partial charge in [0.1, 0.15) is 17.7 Å². The van der Waals surface area contributed by atoms with Gasteiger partial charge in [0.15, 0.2) is 0 Å². The van der Waals surface area contributed by atoms with E-state index in [1.165, 1.54) is 4.90 Å². The van der Waals surface area contributed by atoms with Gasteiger partial charge in [0.2, 0.25) is 5.91 Å². The highest BCUT2D eigenvalue weighted by molar-refractivity contribution is 5.98. The summed E-state index contributed by atoms with van der Waals surface area (Å²) in [4.78, 5) is 29.4. The molecule has 2 aliphatic heterocycles. The van der Waals surface area contributed by atoms with Crippen LogP contribution in [0.5, 0.6) is 0 Å². The van der Waals surface area contributed by atoms with Crippen molar-refractivity contribution in [1.29, 1.82) is 0 Å². The van der Waals surface area contributed by atoms with Crippen LogP contribution in [0.3, 0.4) is 0 Å². The van der Waals surface area contributed by atoms with Gasteiger partial charge in [0.25, 0.3) is 5.91 Å². The summed E-state index contributed by atoms with van der Waals surface area (Å²) in [6, 6.07) is 9.78. The fraction of sp³-hybridized carbons (Fsp3) is 0.333. The number of carbonyl (C=O) groups excluding carboxylic acids is 2. The lowest BCUT2D eigenvalue weighted by Gasteiger charge is -2.38. The maximum absolute atomic E-state index is 13.6. The summed E-state index contributed by atoms with van der Waals surface area (Å²) >= 11 is 0. The van der Waals surface area contributed by atoms with E-state index in [1.807, 2.05) is 24.3 Å². The van der Waals surface area contributed by atoms with Crippen LogP contribution in [0, 0.1) is 11.6 Å². The predicted octanol–water partition coefficient (Wildman–Crippen LogP) is 3.15. The third-order valence-electron chi connectivity index (χ3n) is 5.32. The number of fused-ring (bicyclic) bond motifs is 1. The van der Waals surface area contributed by atoms with Gasteiger partial charge in [-0.25, -0.2) is 8.78 Å². The number of amides is 2. The summed E-state index contributed by atoms with van der Waals surface area (Å²) in [5.74, 6) is -2.23. The molecule has 1 fully saturated rings. The molecular formula is C21H20F2N2O2. The summed E-state index contributed by atoms with van der Waals surface area (Å²) in [6.45, 7) is 1.62. The van der Waals surface area contributed by atoms with Gasteiger partial charge in [-0.1, -0.05) is 24.3 Å². The Morgan fingerprint density at radius 2 is 1.56 bits per heavy atom. The first-order chi connectivity index (χ1) is 13.0. The number of hydrogen-bond donors (Lipinski definition) is 0. The summed E-state index contributed by atoms with van der Waals surface area (Å²) in [6.07, 6.45) is 2.32. The number of nitrogens with zero attached hydrogens (tertiary/aromatic N) is 2. The van der Waals surface area contributed by atoms with Crippen LogP contribution < -0.4 is 0 Å². The van der Waals surface area contributed by atoms with E-state index >= 15 is 0 Å². The first-order valence-corrected chi connectivity index (χ1v) is 9.15. The summed E-state index contributed by atoms with van der Waals surface area (Å²) in [5, 5.41) is 0. The molecule has 2 heterocycles. The normalized spacial score (nSPS) is 19.1. The average molecular weight is 370 g/mol. The largest absolute Gasteiger partial charge is 0.341 e. The van der Waals surface area contributed by atoms with Gasteiger partial charge < -0.3 is 9.80 Å². The molecule has 0 aromatic heterocycles. The van der Waals surface area contributed by atoms with Crippen LogP contribution in [0.25, 0.3) is 0 Å². The third-order valence-corrected chi connectivity index (χ3v) is 5.32. The average Bonchev–Trinajstić information content (AvgIpc) is 3.20. The van der Waals surface area contributed by atoms with Gasteiger partial charge in [-0.2, -0.15) is 0 Å². The monoisotopic (exact) mass is 370 g/mol. The fourth-order valence-corrected chi connectivity index (χ4v) is 3.95. The van der Waals surface area contributed by atoms with Crippen molar-refractivity contribution in [3.05, 3.63) is 70.8 Å². The predicted molar refractivity (Wildman–Crippen MR) is 96.0 cm³/mol. The lowest BCUT2D eigenvalue weighted by molar-refractivity contribution is -0.135. The van der Waals surface area contributed by atoms with E-state index in [4.69, 9.17) is 0 Å². The van der Waals surface area contributed by atoms with Crippen molar-refractivity contribution in [3.8, 4) is 0 Å². The van der Waals surface area contributed by atoms with Crippen LogP contribution in [-0.4, -0.2) is 40.7 Å². The van der Waals surface area contributed by atoms with Gasteiger partial charge in [-0.05, 0) is 36.1 Å². The molecule has 2 aliphatic rings. The molecule has 0 spiro atoms. The molecule has 1 unspecified atom stereocenters. The van der Waals surface area contributed by atoms with E-state index in [-0.39, 0.29) is 18.0 Å². The molecule has 1 saturated heterocycles. The Morgan fingerprint density at radius 3 is 2.22 bits per heavy atom. The number of hydrogen-bond acceptors (Lipinski definition) is 2. The summed E-state index contributed by atoms with van der Waals surface area (Å²) < 4.78 is 27.2. The molecule has 0 bridgehead atoms. The number of benzene rings is 2. The van der Waals surface area contributed by atoms with Crippen molar-refractivity contribution in [3.63, 3.8) is 0 Å². The van der Waals surface area contributed by atoms with Gasteiger partial charge in [0, 0.05) is 37.7 Å². The highest BCUT2D eigenvalue weighted by Gasteiger charge is 2.38. The second kappa shape index (κ2) is 7.10. The first-order valence-electron chi connectivity index (χ1n) is 9.15. The molecule has 27 heavy (non-hydrogen) atoms. The number of likely N-dealkylation sites (tertiary alicyclic amines) is 1. The molecule has 0 aliphatic carbocycles. The summed E-state index contributed by atoms with van der Waals surface area (Å²) in [5.41, 5.74) is 1.91. The van der Waals surface area contributed by atoms with Crippen LogP contribution in [0.2, 0.25) is 0 Å². The fourth-order valence-electron chi connectivity index (χ4n) is 3.95. The topological polar surface area (TPSA) is 40.6 Å². The molecule has 2 amide bonds. The Bertz CT molecular complexity index is 873. The SMILES string of the molecule is O=C(C1Cc2ccccc2CN1C(=O)c1cc(F)cc(F)c1)N1CCCC1. The second-order valence-corrected chi connectivity index (χ2v) is 7.11. The Balaban J connectivity index is 1.70. The lowest BCUT2D eigenvalue weighted by atomic mass is 9.92. The number of rotatable bonds is 2. The van der Waals surface area contributed by atoms with Crippen LogP contribution in [-0.2, 0) is 17.8 Å². The highest BCUT2D eigenvalue weighted by Crippen LogP contribution is 2.27. The van der Waals surface area contributed by atoms with Crippen LogP contribution >= 0.6 is 0 Å². The van der Waals surface area contributed by atoms with Crippen molar-refractivity contribution in [2.24, 2.45) is 0 Å². The molecule has 0 N–H and O–H groups in total. The molecular weight excluding hydrogens is 350 g/mol. The minimum absolute atomic E-state index is 0.0777. The Labute approximate surface area is 156 Å². The zero-order chi connectivity index (χ0) is 19.0. The molecule has 0 saturated carbocycles. The second-order valence-electron chi connectivity index (χ2n) is 7.11. The zero-order valence-electron chi connectivity index (χ0n) is 14.8. The van der Waals surface area contributed by atoms with Crippen molar-refractivity contribution < 1.29 is 18.4 Å². The molecule has 0 radical (unpaired) electrons. The number of halogens is 2. The Morgan fingerprint density at radius 1 is 0.926 bits per heavy atom. The third kappa shape index (κ3) is 3.44. The summed E-state index contributed by atoms with van der Waals surface area (Å²) in [7, 11) is 0. The van der Waals surface area contributed by atoms with Crippen molar-refractivity contribution in [2.75, 3.05) is 13.1 Å². The molecule has 4 rings (SSSR count). The Hall–Kier alpha value is -2.76. The van der Waals surface area contributed by atoms with E-state index in [0.29, 0.717) is 19.5 Å². The first kappa shape index (κ1) is 17.6. The minimum Gasteiger partial charge on any atom is -0.341 e. The lowest BCUT2D eigenvalue weighted by Crippen LogP contribution is -2.53.